The zero-order valence-electron chi connectivity index (χ0n) is 15.2. The molecule has 140 valence electrons. The van der Waals surface area contributed by atoms with E-state index < -0.39 is 11.0 Å². The van der Waals surface area contributed by atoms with Crippen LogP contribution >= 0.6 is 0 Å². The molecular weight excluding hydrogens is 336 g/mol. The van der Waals surface area contributed by atoms with Crippen LogP contribution in [0.5, 0.6) is 0 Å². The van der Waals surface area contributed by atoms with E-state index >= 15 is 0 Å². The molecular formula is C18H24N4O4. The molecule has 8 nitrogen and oxygen atoms in total. The van der Waals surface area contributed by atoms with Crippen LogP contribution in [0.15, 0.2) is 30.5 Å². The fourth-order valence-electron chi connectivity index (χ4n) is 2.40. The van der Waals surface area contributed by atoms with Gasteiger partial charge in [0.05, 0.1) is 17.0 Å². The van der Waals surface area contributed by atoms with Gasteiger partial charge in [-0.1, -0.05) is 18.2 Å². The fourth-order valence-corrected chi connectivity index (χ4v) is 2.40. The molecule has 0 atom stereocenters. The van der Waals surface area contributed by atoms with Crippen molar-refractivity contribution < 1.29 is 14.5 Å². The lowest BCUT2D eigenvalue weighted by Gasteiger charge is -2.19. The van der Waals surface area contributed by atoms with E-state index in [9.17, 15) is 14.9 Å². The Kier molecular flexibility index (Phi) is 6.32. The maximum Gasteiger partial charge on any atom is 0.407 e. The van der Waals surface area contributed by atoms with Crippen molar-refractivity contribution in [2.45, 2.75) is 39.2 Å². The normalized spacial score (nSPS) is 11.2. The Morgan fingerprint density at radius 2 is 2.00 bits per heavy atom. The number of para-hydroxylation sites is 1. The highest BCUT2D eigenvalue weighted by molar-refractivity contribution is 5.95. The maximum atomic E-state index is 11.5. The van der Waals surface area contributed by atoms with Gasteiger partial charge in [-0.05, 0) is 39.7 Å². The van der Waals surface area contributed by atoms with E-state index in [0.29, 0.717) is 42.6 Å². The number of unbranched alkanes of at least 4 members (excludes halogenated alkanes) is 1. The van der Waals surface area contributed by atoms with Gasteiger partial charge in [0.2, 0.25) is 0 Å². The molecule has 26 heavy (non-hydrogen) atoms. The van der Waals surface area contributed by atoms with Crippen LogP contribution in [-0.2, 0) is 4.74 Å². The Balaban J connectivity index is 1.87. The Hall–Kier alpha value is -2.90. The third-order valence-corrected chi connectivity index (χ3v) is 3.54. The number of hydrogen-bond acceptors (Lipinski definition) is 6. The number of alkyl carbamates (subject to hydrolysis) is 1. The summed E-state index contributed by atoms with van der Waals surface area (Å²) in [5, 5.41) is 17.8. The topological polar surface area (TPSA) is 106 Å². The van der Waals surface area contributed by atoms with Gasteiger partial charge in [0.1, 0.15) is 11.9 Å². The van der Waals surface area contributed by atoms with E-state index in [1.807, 2.05) is 39.0 Å². The standard InChI is InChI=1S/C18H24N4O4/c1-18(2,3)21-17(23)26-11-7-6-10-19-16-13-8-4-5-9-14(13)20-12-15(16)22(24)25/h4-5,8-9,12H,6-7,10-11H2,1-3H3,(H,19,20)(H,21,23). The zero-order chi connectivity index (χ0) is 19.2. The molecule has 1 aromatic carbocycles. The quantitative estimate of drug-likeness (QED) is 0.441. The number of nitro groups is 1. The smallest absolute Gasteiger partial charge is 0.407 e. The fraction of sp³-hybridized carbons (Fsp3) is 0.444. The van der Waals surface area contributed by atoms with Crippen molar-refractivity contribution in [1.82, 2.24) is 10.3 Å². The number of aromatic nitrogens is 1. The van der Waals surface area contributed by atoms with Gasteiger partial charge in [-0.15, -0.1) is 0 Å². The van der Waals surface area contributed by atoms with Crippen LogP contribution in [0.3, 0.4) is 0 Å². The van der Waals surface area contributed by atoms with Gasteiger partial charge >= 0.3 is 11.8 Å². The second kappa shape index (κ2) is 8.46. The van der Waals surface area contributed by atoms with Crippen molar-refractivity contribution in [2.75, 3.05) is 18.5 Å². The molecule has 1 heterocycles. The van der Waals surface area contributed by atoms with Crippen LogP contribution in [0.1, 0.15) is 33.6 Å². The first kappa shape index (κ1) is 19.4. The number of benzene rings is 1. The van der Waals surface area contributed by atoms with Gasteiger partial charge < -0.3 is 15.4 Å². The molecule has 0 bridgehead atoms. The van der Waals surface area contributed by atoms with Gasteiger partial charge in [-0.2, -0.15) is 0 Å². The van der Waals surface area contributed by atoms with Crippen molar-refractivity contribution in [1.29, 1.82) is 0 Å². The highest BCUT2D eigenvalue weighted by Crippen LogP contribution is 2.31. The third kappa shape index (κ3) is 5.58. The summed E-state index contributed by atoms with van der Waals surface area (Å²) in [7, 11) is 0. The predicted molar refractivity (Wildman–Crippen MR) is 100 cm³/mol. The number of anilines is 1. The first-order chi connectivity index (χ1) is 12.3. The average Bonchev–Trinajstić information content (AvgIpc) is 2.56. The first-order valence-corrected chi connectivity index (χ1v) is 8.49. The van der Waals surface area contributed by atoms with Crippen molar-refractivity contribution in [2.24, 2.45) is 0 Å². The molecule has 0 radical (unpaired) electrons. The Morgan fingerprint density at radius 1 is 1.27 bits per heavy atom. The Labute approximate surface area is 152 Å². The molecule has 1 amide bonds. The van der Waals surface area contributed by atoms with Crippen molar-refractivity contribution >= 4 is 28.4 Å². The number of nitrogens with one attached hydrogen (secondary N) is 2. The van der Waals surface area contributed by atoms with Crippen molar-refractivity contribution in [3.8, 4) is 0 Å². The van der Waals surface area contributed by atoms with Gasteiger partial charge in [0, 0.05) is 17.5 Å². The monoisotopic (exact) mass is 360 g/mol. The number of nitrogens with zero attached hydrogens (tertiary/aromatic N) is 2. The minimum atomic E-state index is -0.443. The zero-order valence-corrected chi connectivity index (χ0v) is 15.2. The number of carbonyl (C=O) groups excluding carboxylic acids is 1. The SMILES string of the molecule is CC(C)(C)NC(=O)OCCCCNc1c([N+](=O)[O-])cnc2ccccc12. The van der Waals surface area contributed by atoms with Gasteiger partial charge in [-0.3, -0.25) is 10.1 Å². The van der Waals surface area contributed by atoms with Gasteiger partial charge in [0.15, 0.2) is 0 Å². The largest absolute Gasteiger partial charge is 0.450 e. The first-order valence-electron chi connectivity index (χ1n) is 8.49. The molecule has 0 fully saturated rings. The summed E-state index contributed by atoms with van der Waals surface area (Å²) < 4.78 is 5.11. The molecule has 0 saturated carbocycles. The molecule has 8 heteroatoms. The molecule has 0 aliphatic rings. The molecule has 2 aromatic rings. The molecule has 0 aliphatic carbocycles. The second-order valence-electron chi connectivity index (χ2n) is 6.94. The van der Waals surface area contributed by atoms with Crippen LogP contribution < -0.4 is 10.6 Å². The Morgan fingerprint density at radius 3 is 2.69 bits per heavy atom. The van der Waals surface area contributed by atoms with E-state index in [1.165, 1.54) is 6.20 Å². The van der Waals surface area contributed by atoms with Crippen LogP contribution in [0, 0.1) is 10.1 Å². The predicted octanol–water partition coefficient (Wildman–Crippen LogP) is 3.86. The lowest BCUT2D eigenvalue weighted by Crippen LogP contribution is -2.41. The maximum absolute atomic E-state index is 11.5. The number of hydrogen-bond donors (Lipinski definition) is 2. The lowest BCUT2D eigenvalue weighted by molar-refractivity contribution is -0.384. The van der Waals surface area contributed by atoms with Crippen LogP contribution in [0.4, 0.5) is 16.2 Å². The van der Waals surface area contributed by atoms with E-state index in [4.69, 9.17) is 4.74 Å². The number of amides is 1. The summed E-state index contributed by atoms with van der Waals surface area (Å²) in [5.74, 6) is 0. The molecule has 0 spiro atoms. The summed E-state index contributed by atoms with van der Waals surface area (Å²) in [6.45, 7) is 6.46. The van der Waals surface area contributed by atoms with Crippen molar-refractivity contribution in [3.63, 3.8) is 0 Å². The third-order valence-electron chi connectivity index (χ3n) is 3.54. The highest BCUT2D eigenvalue weighted by atomic mass is 16.6. The molecule has 2 N–H and O–H groups in total. The molecule has 0 unspecified atom stereocenters. The van der Waals surface area contributed by atoms with E-state index in [0.717, 1.165) is 0 Å². The van der Waals surface area contributed by atoms with Crippen LogP contribution in [0.25, 0.3) is 10.9 Å². The summed E-state index contributed by atoms with van der Waals surface area (Å²) in [4.78, 5) is 26.5. The van der Waals surface area contributed by atoms with E-state index in [1.54, 1.807) is 6.07 Å². The van der Waals surface area contributed by atoms with Crippen LogP contribution in [-0.4, -0.2) is 34.7 Å². The summed E-state index contributed by atoms with van der Waals surface area (Å²) in [6.07, 6.45) is 2.18. The van der Waals surface area contributed by atoms with E-state index in [2.05, 4.69) is 15.6 Å². The average molecular weight is 360 g/mol. The lowest BCUT2D eigenvalue weighted by atomic mass is 10.1. The molecule has 1 aromatic heterocycles. The number of ether oxygens (including phenoxy) is 1. The van der Waals surface area contributed by atoms with Gasteiger partial charge in [-0.25, -0.2) is 9.78 Å². The summed E-state index contributed by atoms with van der Waals surface area (Å²) >= 11 is 0. The number of pyridine rings is 1. The minimum Gasteiger partial charge on any atom is -0.450 e. The summed E-state index contributed by atoms with van der Waals surface area (Å²) in [5.41, 5.74) is 0.777. The van der Waals surface area contributed by atoms with Gasteiger partial charge in [0.25, 0.3) is 0 Å². The van der Waals surface area contributed by atoms with Crippen molar-refractivity contribution in [3.05, 3.63) is 40.6 Å². The number of carbonyl (C=O) groups is 1. The van der Waals surface area contributed by atoms with E-state index in [-0.39, 0.29) is 11.2 Å². The number of rotatable bonds is 7. The number of fused-ring (bicyclic) bond motifs is 1. The minimum absolute atomic E-state index is 0.0514. The molecule has 0 aliphatic heterocycles. The molecule has 2 rings (SSSR count). The molecule has 0 saturated heterocycles. The summed E-state index contributed by atoms with van der Waals surface area (Å²) in [6, 6.07) is 7.27. The van der Waals surface area contributed by atoms with Crippen LogP contribution in [0.2, 0.25) is 0 Å². The Bertz CT molecular complexity index is 786. The highest BCUT2D eigenvalue weighted by Gasteiger charge is 2.17. The second-order valence-corrected chi connectivity index (χ2v) is 6.94.